The van der Waals surface area contributed by atoms with Gasteiger partial charge in [0.05, 0.1) is 0 Å². The van der Waals surface area contributed by atoms with Crippen LogP contribution < -0.4 is 4.74 Å². The molecule has 0 amide bonds. The van der Waals surface area contributed by atoms with Gasteiger partial charge in [0.25, 0.3) is 0 Å². The standard InChI is InChI=1S/C26H39F3OSi/c1-2-3-4-17-31-18-15-23(16-19-31)22-11-7-20(8-12-22)5-6-21-9-13-24(14-10-21)30-26(29)25(27)28/h9-10,13-14,20,22-23,31H,2-8,11-12,15-19H2,1H3/t20-,22-,23-,31-. The van der Waals surface area contributed by atoms with Crippen LogP contribution in [0.2, 0.25) is 18.1 Å². The molecule has 1 aromatic carbocycles. The molecule has 1 aliphatic heterocycles. The number of hydrogen-bond acceptors (Lipinski definition) is 1. The number of aryl methyl sites for hydroxylation is 1. The van der Waals surface area contributed by atoms with Crippen molar-refractivity contribution in [2.75, 3.05) is 0 Å². The van der Waals surface area contributed by atoms with Crippen molar-refractivity contribution >= 4 is 8.80 Å². The van der Waals surface area contributed by atoms with Crippen LogP contribution in [0.1, 0.15) is 76.7 Å². The van der Waals surface area contributed by atoms with Gasteiger partial charge in [-0.05, 0) is 61.1 Å². The van der Waals surface area contributed by atoms with E-state index in [2.05, 4.69) is 11.7 Å². The van der Waals surface area contributed by atoms with Gasteiger partial charge in [0.1, 0.15) is 5.75 Å². The van der Waals surface area contributed by atoms with Crippen LogP contribution in [-0.2, 0) is 6.42 Å². The van der Waals surface area contributed by atoms with E-state index >= 15 is 0 Å². The van der Waals surface area contributed by atoms with Crippen LogP contribution in [0.15, 0.2) is 36.4 Å². The van der Waals surface area contributed by atoms with Crippen molar-refractivity contribution < 1.29 is 17.9 Å². The third-order valence-corrected chi connectivity index (χ3v) is 11.3. The van der Waals surface area contributed by atoms with Crippen molar-refractivity contribution in [1.82, 2.24) is 0 Å². The van der Waals surface area contributed by atoms with Crippen molar-refractivity contribution in [3.63, 3.8) is 0 Å². The second kappa shape index (κ2) is 12.7. The van der Waals surface area contributed by atoms with Crippen LogP contribution in [0.3, 0.4) is 0 Å². The molecule has 0 radical (unpaired) electrons. The second-order valence-corrected chi connectivity index (χ2v) is 13.3. The molecule has 1 heterocycles. The predicted molar refractivity (Wildman–Crippen MR) is 125 cm³/mol. The van der Waals surface area contributed by atoms with Crippen molar-refractivity contribution in [3.8, 4) is 5.75 Å². The maximum Gasteiger partial charge on any atom is 0.344 e. The molecule has 1 saturated heterocycles. The van der Waals surface area contributed by atoms with Crippen molar-refractivity contribution in [2.45, 2.75) is 95.7 Å². The molecule has 0 spiro atoms. The van der Waals surface area contributed by atoms with Crippen molar-refractivity contribution in [3.05, 3.63) is 41.9 Å². The highest BCUT2D eigenvalue weighted by Gasteiger charge is 2.30. The molecule has 1 aliphatic carbocycles. The molecule has 2 aliphatic rings. The number of rotatable bonds is 10. The Morgan fingerprint density at radius 2 is 1.55 bits per heavy atom. The number of halogens is 3. The predicted octanol–water partition coefficient (Wildman–Crippen LogP) is 8.67. The fraction of sp³-hybridized carbons (Fsp3) is 0.692. The van der Waals surface area contributed by atoms with Crippen LogP contribution in [0, 0.1) is 17.8 Å². The average Bonchev–Trinajstić information content (AvgIpc) is 2.79. The summed E-state index contributed by atoms with van der Waals surface area (Å²) in [5.74, 6) is 2.88. The highest BCUT2D eigenvalue weighted by Crippen LogP contribution is 2.42. The summed E-state index contributed by atoms with van der Waals surface area (Å²) in [6.45, 7) is 2.31. The van der Waals surface area contributed by atoms with Gasteiger partial charge >= 0.3 is 12.1 Å². The zero-order valence-electron chi connectivity index (χ0n) is 19.1. The fourth-order valence-corrected chi connectivity index (χ4v) is 9.35. The summed E-state index contributed by atoms with van der Waals surface area (Å²) in [4.78, 5) is 0. The lowest BCUT2D eigenvalue weighted by Gasteiger charge is -2.37. The van der Waals surface area contributed by atoms with E-state index in [4.69, 9.17) is 0 Å². The molecule has 1 saturated carbocycles. The Hall–Kier alpha value is -1.23. The van der Waals surface area contributed by atoms with E-state index in [0.29, 0.717) is 0 Å². The molecule has 1 nitrogen and oxygen atoms in total. The zero-order chi connectivity index (χ0) is 22.1. The molecule has 3 rings (SSSR count). The molecule has 2 fully saturated rings. The first-order valence-corrected chi connectivity index (χ1v) is 15.0. The smallest absolute Gasteiger partial charge is 0.344 e. The van der Waals surface area contributed by atoms with Crippen molar-refractivity contribution in [2.24, 2.45) is 17.8 Å². The van der Waals surface area contributed by atoms with Gasteiger partial charge in [-0.15, -0.1) is 0 Å². The highest BCUT2D eigenvalue weighted by molar-refractivity contribution is 6.58. The summed E-state index contributed by atoms with van der Waals surface area (Å²) in [6.07, 6.45) is 12.6. The topological polar surface area (TPSA) is 9.23 Å². The molecular weight excluding hydrogens is 413 g/mol. The third-order valence-electron chi connectivity index (χ3n) is 7.79. The van der Waals surface area contributed by atoms with Crippen LogP contribution in [0.4, 0.5) is 13.2 Å². The molecule has 31 heavy (non-hydrogen) atoms. The molecule has 0 aromatic heterocycles. The van der Waals surface area contributed by atoms with Crippen LogP contribution in [0.5, 0.6) is 5.75 Å². The minimum atomic E-state index is -2.43. The fourth-order valence-electron chi connectivity index (χ4n) is 5.82. The molecule has 0 bridgehead atoms. The quantitative estimate of drug-likeness (QED) is 0.196. The summed E-state index contributed by atoms with van der Waals surface area (Å²) in [7, 11) is -0.396. The van der Waals surface area contributed by atoms with Gasteiger partial charge in [0.2, 0.25) is 0 Å². The monoisotopic (exact) mass is 452 g/mol. The van der Waals surface area contributed by atoms with E-state index in [0.717, 1.165) is 29.7 Å². The summed E-state index contributed by atoms with van der Waals surface area (Å²) >= 11 is 0. The van der Waals surface area contributed by atoms with Gasteiger partial charge in [-0.2, -0.15) is 13.2 Å². The minimum Gasteiger partial charge on any atom is -0.428 e. The number of hydrogen-bond donors (Lipinski definition) is 0. The number of unbranched alkanes of at least 4 members (excludes halogenated alkanes) is 2. The summed E-state index contributed by atoms with van der Waals surface area (Å²) in [5, 5.41) is 0. The third kappa shape index (κ3) is 8.00. The van der Waals surface area contributed by atoms with Gasteiger partial charge in [-0.25, -0.2) is 0 Å². The lowest BCUT2D eigenvalue weighted by Crippen LogP contribution is -2.28. The van der Waals surface area contributed by atoms with E-state index in [9.17, 15) is 13.2 Å². The van der Waals surface area contributed by atoms with Crippen molar-refractivity contribution in [1.29, 1.82) is 0 Å². The molecule has 5 heteroatoms. The average molecular weight is 453 g/mol. The first-order chi connectivity index (χ1) is 15.0. The Labute approximate surface area is 188 Å². The Bertz CT molecular complexity index is 670. The summed E-state index contributed by atoms with van der Waals surface area (Å²) < 4.78 is 41.6. The molecule has 0 N–H and O–H groups in total. The molecular formula is C26H39F3OSi. The SMILES string of the molecule is CCCCC[Si@H]1CC[C@H]([C@H]2CC[C@H](CCc3ccc(OC(F)=C(F)F)cc3)CC2)CC1. The molecule has 0 unspecified atom stereocenters. The summed E-state index contributed by atoms with van der Waals surface area (Å²) in [6, 6.07) is 9.82. The lowest BCUT2D eigenvalue weighted by molar-refractivity contribution is 0.186. The molecule has 1 aromatic rings. The largest absolute Gasteiger partial charge is 0.428 e. The van der Waals surface area contributed by atoms with Crippen LogP contribution in [-0.4, -0.2) is 8.80 Å². The van der Waals surface area contributed by atoms with Gasteiger partial charge < -0.3 is 4.74 Å². The highest BCUT2D eigenvalue weighted by atomic mass is 28.3. The lowest BCUT2D eigenvalue weighted by atomic mass is 9.73. The summed E-state index contributed by atoms with van der Waals surface area (Å²) in [5.41, 5.74) is 1.16. The number of benzene rings is 1. The molecule has 174 valence electrons. The maximum absolute atomic E-state index is 12.9. The first-order valence-electron chi connectivity index (χ1n) is 12.5. The van der Waals surface area contributed by atoms with Gasteiger partial charge in [-0.1, -0.05) is 82.1 Å². The van der Waals surface area contributed by atoms with E-state index in [-0.39, 0.29) is 5.75 Å². The molecule has 0 atom stereocenters. The minimum absolute atomic E-state index is 0.109. The number of ether oxygens (including phenoxy) is 1. The van der Waals surface area contributed by atoms with E-state index in [1.54, 1.807) is 30.3 Å². The van der Waals surface area contributed by atoms with Gasteiger partial charge in [0, 0.05) is 8.80 Å². The Balaban J connectivity index is 1.33. The van der Waals surface area contributed by atoms with Crippen LogP contribution in [0.25, 0.3) is 0 Å². The van der Waals surface area contributed by atoms with E-state index < -0.39 is 20.9 Å². The Kier molecular flexibility index (Phi) is 10.0. The first kappa shape index (κ1) is 24.4. The zero-order valence-corrected chi connectivity index (χ0v) is 20.2. The van der Waals surface area contributed by atoms with E-state index in [1.807, 2.05) is 12.1 Å². The van der Waals surface area contributed by atoms with Gasteiger partial charge in [0.15, 0.2) is 0 Å². The second-order valence-electron chi connectivity index (χ2n) is 9.88. The Morgan fingerprint density at radius 3 is 2.16 bits per heavy atom. The van der Waals surface area contributed by atoms with E-state index in [1.165, 1.54) is 64.2 Å². The Morgan fingerprint density at radius 1 is 0.903 bits per heavy atom. The maximum atomic E-state index is 12.9. The normalized spacial score (nSPS) is 26.5. The van der Waals surface area contributed by atoms with Crippen LogP contribution >= 0.6 is 0 Å². The van der Waals surface area contributed by atoms with Gasteiger partial charge in [-0.3, -0.25) is 0 Å².